The molecule has 0 bridgehead atoms. The van der Waals surface area contributed by atoms with Crippen LogP contribution in [0.25, 0.3) is 0 Å². The van der Waals surface area contributed by atoms with Crippen molar-refractivity contribution in [3.8, 4) is 23.3 Å². The van der Waals surface area contributed by atoms with Crippen LogP contribution in [-0.2, 0) is 4.79 Å². The Labute approximate surface area is 147 Å². The molecule has 1 aromatic rings. The summed E-state index contributed by atoms with van der Waals surface area (Å²) in [7, 11) is -0.316. The van der Waals surface area contributed by atoms with E-state index in [1.165, 1.54) is 0 Å². The number of hydrogen-bond donors (Lipinski definition) is 0. The smallest absolute Gasteiger partial charge is 0.250 e. The summed E-state index contributed by atoms with van der Waals surface area (Å²) in [6, 6.07) is 5.59. The second-order valence-corrected chi connectivity index (χ2v) is 12.7. The van der Waals surface area contributed by atoms with Gasteiger partial charge in [0.25, 0.3) is 8.32 Å². The molecule has 0 aliphatic carbocycles. The number of carbonyl (C=O) groups is 1. The maximum absolute atomic E-state index is 11.7. The van der Waals surface area contributed by atoms with Crippen LogP contribution >= 0.6 is 0 Å². The van der Waals surface area contributed by atoms with E-state index in [-0.39, 0.29) is 10.8 Å². The molecule has 3 nitrogen and oxygen atoms in total. The zero-order chi connectivity index (χ0) is 18.5. The first-order chi connectivity index (χ1) is 11.0. The third kappa shape index (κ3) is 5.72. The lowest BCUT2D eigenvalue weighted by atomic mass is 10.1. The van der Waals surface area contributed by atoms with Crippen molar-refractivity contribution < 1.29 is 14.0 Å². The normalized spacial score (nSPS) is 11.7. The van der Waals surface area contributed by atoms with Gasteiger partial charge < -0.3 is 9.16 Å². The Kier molecular flexibility index (Phi) is 6.68. The Morgan fingerprint density at radius 2 is 1.83 bits per heavy atom. The molecule has 0 fully saturated rings. The van der Waals surface area contributed by atoms with Crippen LogP contribution in [0.15, 0.2) is 18.2 Å². The number of ether oxygens (including phenoxy) is 1. The fraction of sp³-hybridized carbons (Fsp3) is 0.550. The van der Waals surface area contributed by atoms with E-state index in [2.05, 4.69) is 45.7 Å². The van der Waals surface area contributed by atoms with Gasteiger partial charge in [-0.2, -0.15) is 0 Å². The summed E-state index contributed by atoms with van der Waals surface area (Å²) in [4.78, 5) is 11.7. The van der Waals surface area contributed by atoms with Crippen LogP contribution in [-0.4, -0.2) is 21.2 Å². The Hall–Kier alpha value is -1.73. The fourth-order valence-electron chi connectivity index (χ4n) is 1.82. The minimum absolute atomic E-state index is 0.0365. The second kappa shape index (κ2) is 7.89. The van der Waals surface area contributed by atoms with Crippen molar-refractivity contribution in [3.63, 3.8) is 0 Å². The minimum Gasteiger partial charge on any atom is -0.541 e. The first-order valence-electron chi connectivity index (χ1n) is 8.38. The SMILES string of the molecule is COc1cc(C#CC(=O)CC(C)C)ccc1O[Si](C)(C)C(C)(C)C. The van der Waals surface area contributed by atoms with Gasteiger partial charge in [-0.25, -0.2) is 0 Å². The van der Waals surface area contributed by atoms with Gasteiger partial charge in [0.15, 0.2) is 5.75 Å². The standard InChI is InChI=1S/C20H30O3Si/c1-15(2)13-17(21)11-9-16-10-12-18(19(14-16)22-6)23-24(7,8)20(3,4)5/h10,12,14-15H,13H2,1-8H3. The maximum atomic E-state index is 11.7. The third-order valence-electron chi connectivity index (χ3n) is 4.27. The van der Waals surface area contributed by atoms with Gasteiger partial charge in [-0.15, -0.1) is 0 Å². The number of rotatable bonds is 5. The van der Waals surface area contributed by atoms with Gasteiger partial charge in [0.2, 0.25) is 5.78 Å². The molecule has 1 rings (SSSR count). The fourth-order valence-corrected chi connectivity index (χ4v) is 2.85. The Balaban J connectivity index is 3.02. The van der Waals surface area contributed by atoms with Crippen LogP contribution < -0.4 is 9.16 Å². The average Bonchev–Trinajstić information content (AvgIpc) is 2.43. The quantitative estimate of drug-likeness (QED) is 0.553. The number of methoxy groups -OCH3 is 1. The van der Waals surface area contributed by atoms with Gasteiger partial charge >= 0.3 is 0 Å². The second-order valence-electron chi connectivity index (χ2n) is 8.00. The topological polar surface area (TPSA) is 35.5 Å². The van der Waals surface area contributed by atoms with E-state index >= 15 is 0 Å². The molecule has 0 saturated carbocycles. The Morgan fingerprint density at radius 1 is 1.21 bits per heavy atom. The molecule has 4 heteroatoms. The van der Waals surface area contributed by atoms with Gasteiger partial charge in [0, 0.05) is 12.0 Å². The van der Waals surface area contributed by atoms with Gasteiger partial charge in [-0.05, 0) is 48.2 Å². The third-order valence-corrected chi connectivity index (χ3v) is 8.62. The van der Waals surface area contributed by atoms with E-state index in [9.17, 15) is 4.79 Å². The summed E-state index contributed by atoms with van der Waals surface area (Å²) >= 11 is 0. The number of carbonyl (C=O) groups excluding carboxylic acids is 1. The van der Waals surface area contributed by atoms with Crippen LogP contribution in [0, 0.1) is 17.8 Å². The molecule has 1 aromatic carbocycles. The van der Waals surface area contributed by atoms with E-state index in [1.54, 1.807) is 7.11 Å². The molecule has 0 radical (unpaired) electrons. The monoisotopic (exact) mass is 346 g/mol. The Bertz CT molecular complexity index is 643. The van der Waals surface area contributed by atoms with Crippen LogP contribution in [0.5, 0.6) is 11.5 Å². The number of hydrogen-bond acceptors (Lipinski definition) is 3. The molecular weight excluding hydrogens is 316 g/mol. The molecule has 0 aliphatic heterocycles. The summed E-state index contributed by atoms with van der Waals surface area (Å²) < 4.78 is 11.8. The van der Waals surface area contributed by atoms with Gasteiger partial charge in [0.05, 0.1) is 7.11 Å². The van der Waals surface area contributed by atoms with Crippen molar-refractivity contribution in [2.45, 2.75) is 59.2 Å². The van der Waals surface area contributed by atoms with E-state index in [0.29, 0.717) is 18.1 Å². The molecule has 0 unspecified atom stereocenters. The first kappa shape index (κ1) is 20.3. The van der Waals surface area contributed by atoms with Crippen LogP contribution in [0.4, 0.5) is 0 Å². The van der Waals surface area contributed by atoms with Gasteiger partial charge in [0.1, 0.15) is 5.75 Å². The van der Waals surface area contributed by atoms with Crippen LogP contribution in [0.2, 0.25) is 18.1 Å². The predicted octanol–water partition coefficient (Wildman–Crippen LogP) is 5.05. The maximum Gasteiger partial charge on any atom is 0.250 e. The number of benzene rings is 1. The summed E-state index contributed by atoms with van der Waals surface area (Å²) in [5.74, 6) is 7.30. The summed E-state index contributed by atoms with van der Waals surface area (Å²) in [5.41, 5.74) is 0.756. The molecule has 0 spiro atoms. The molecule has 0 aliphatic rings. The summed E-state index contributed by atoms with van der Waals surface area (Å²) in [5, 5.41) is 0.111. The largest absolute Gasteiger partial charge is 0.541 e. The zero-order valence-electron chi connectivity index (χ0n) is 16.2. The molecular formula is C20H30O3Si. The highest BCUT2D eigenvalue weighted by molar-refractivity contribution is 6.74. The lowest BCUT2D eigenvalue weighted by Gasteiger charge is -2.36. The minimum atomic E-state index is -1.94. The number of Topliss-reactive ketones (excluding diaryl/α,β-unsaturated/α-hetero) is 1. The Morgan fingerprint density at radius 3 is 2.33 bits per heavy atom. The molecule has 132 valence electrons. The van der Waals surface area contributed by atoms with E-state index in [0.717, 1.165) is 11.3 Å². The average molecular weight is 347 g/mol. The van der Waals surface area contributed by atoms with E-state index in [4.69, 9.17) is 9.16 Å². The molecule has 0 atom stereocenters. The number of ketones is 1. The molecule has 0 saturated heterocycles. The van der Waals surface area contributed by atoms with E-state index in [1.807, 2.05) is 32.0 Å². The van der Waals surface area contributed by atoms with Crippen molar-refractivity contribution in [1.82, 2.24) is 0 Å². The van der Waals surface area contributed by atoms with E-state index < -0.39 is 8.32 Å². The van der Waals surface area contributed by atoms with Crippen molar-refractivity contribution in [3.05, 3.63) is 23.8 Å². The van der Waals surface area contributed by atoms with Crippen LogP contribution in [0.3, 0.4) is 0 Å². The first-order valence-corrected chi connectivity index (χ1v) is 11.3. The summed E-state index contributed by atoms with van der Waals surface area (Å²) in [6.45, 7) is 15.0. The highest BCUT2D eigenvalue weighted by atomic mass is 28.4. The molecule has 0 N–H and O–H groups in total. The van der Waals surface area contributed by atoms with Crippen molar-refractivity contribution in [1.29, 1.82) is 0 Å². The lowest BCUT2D eigenvalue weighted by molar-refractivity contribution is -0.114. The highest BCUT2D eigenvalue weighted by Crippen LogP contribution is 2.40. The molecule has 0 aromatic heterocycles. The predicted molar refractivity (Wildman–Crippen MR) is 102 cm³/mol. The zero-order valence-corrected chi connectivity index (χ0v) is 17.2. The van der Waals surface area contributed by atoms with Crippen molar-refractivity contribution in [2.75, 3.05) is 7.11 Å². The highest BCUT2D eigenvalue weighted by Gasteiger charge is 2.39. The molecule has 0 amide bonds. The molecule has 0 heterocycles. The lowest BCUT2D eigenvalue weighted by Crippen LogP contribution is -2.43. The van der Waals surface area contributed by atoms with Gasteiger partial charge in [-0.3, -0.25) is 4.79 Å². The van der Waals surface area contributed by atoms with Crippen LogP contribution in [0.1, 0.15) is 46.6 Å². The summed E-state index contributed by atoms with van der Waals surface area (Å²) in [6.07, 6.45) is 0.483. The molecule has 24 heavy (non-hydrogen) atoms. The van der Waals surface area contributed by atoms with Crippen molar-refractivity contribution in [2.24, 2.45) is 5.92 Å². The van der Waals surface area contributed by atoms with Crippen molar-refractivity contribution >= 4 is 14.1 Å². The van der Waals surface area contributed by atoms with Gasteiger partial charge in [-0.1, -0.05) is 40.5 Å².